The highest BCUT2D eigenvalue weighted by molar-refractivity contribution is 14.0. The Bertz CT molecular complexity index is 749. The highest BCUT2D eigenvalue weighted by atomic mass is 127. The van der Waals surface area contributed by atoms with E-state index in [1.54, 1.807) is 4.68 Å². The van der Waals surface area contributed by atoms with Gasteiger partial charge < -0.3 is 10.2 Å². The van der Waals surface area contributed by atoms with E-state index in [1.165, 1.54) is 38.5 Å². The van der Waals surface area contributed by atoms with Crippen molar-refractivity contribution in [1.29, 1.82) is 0 Å². The third-order valence-electron chi connectivity index (χ3n) is 6.81. The first-order valence-corrected chi connectivity index (χ1v) is 11.4. The summed E-state index contributed by atoms with van der Waals surface area (Å²) in [5.74, 6) is 2.02. The van der Waals surface area contributed by atoms with Gasteiger partial charge in [-0.15, -0.1) is 24.0 Å². The average Bonchev–Trinajstić information content (AvgIpc) is 3.27. The van der Waals surface area contributed by atoms with Crippen LogP contribution in [0, 0.1) is 5.41 Å². The average molecular weight is 516 g/mol. The van der Waals surface area contributed by atoms with E-state index in [2.05, 4.69) is 22.2 Å². The number of aromatic nitrogens is 3. The predicted molar refractivity (Wildman–Crippen MR) is 127 cm³/mol. The van der Waals surface area contributed by atoms with Crippen molar-refractivity contribution in [2.24, 2.45) is 10.4 Å². The summed E-state index contributed by atoms with van der Waals surface area (Å²) in [5, 5.41) is 8.01. The number of halogens is 1. The lowest BCUT2D eigenvalue weighted by Crippen LogP contribution is -2.41. The Balaban J connectivity index is 0.00000240. The molecule has 1 spiro atoms. The second kappa shape index (κ2) is 10.3. The summed E-state index contributed by atoms with van der Waals surface area (Å²) >= 11 is 0. The zero-order valence-corrected chi connectivity index (χ0v) is 20.2. The van der Waals surface area contributed by atoms with Gasteiger partial charge >= 0.3 is 5.69 Å². The number of hydrogen-bond donors (Lipinski definition) is 1. The summed E-state index contributed by atoms with van der Waals surface area (Å²) < 4.78 is 3.50. The normalized spacial score (nSPS) is 21.1. The zero-order valence-electron chi connectivity index (χ0n) is 17.9. The van der Waals surface area contributed by atoms with Crippen molar-refractivity contribution in [3.05, 3.63) is 16.3 Å². The first-order valence-electron chi connectivity index (χ1n) is 11.4. The number of nitrogens with one attached hydrogen (secondary N) is 1. The fraction of sp³-hybridized carbons (Fsp3) is 0.857. The molecule has 1 saturated carbocycles. The van der Waals surface area contributed by atoms with Crippen LogP contribution in [0.1, 0.15) is 70.5 Å². The number of hydrogen-bond acceptors (Lipinski definition) is 3. The SMILES string of the molecule is CCNC(=NCCCn1nc2n(c1=O)CCCC2)N1CCC2(CCCCC2)C1.I. The molecule has 1 aromatic heterocycles. The number of aliphatic imine (C=N–C) groups is 1. The predicted octanol–water partition coefficient (Wildman–Crippen LogP) is 3.01. The molecule has 4 rings (SSSR count). The molecule has 1 aromatic rings. The van der Waals surface area contributed by atoms with E-state index in [0.717, 1.165) is 70.2 Å². The molecule has 0 aromatic carbocycles. The van der Waals surface area contributed by atoms with Crippen LogP contribution in [-0.2, 0) is 19.5 Å². The summed E-state index contributed by atoms with van der Waals surface area (Å²) in [6.07, 6.45) is 12.3. The molecule has 2 fully saturated rings. The van der Waals surface area contributed by atoms with Crippen LogP contribution in [0.25, 0.3) is 0 Å². The monoisotopic (exact) mass is 516 g/mol. The lowest BCUT2D eigenvalue weighted by molar-refractivity contribution is 0.203. The molecular weight excluding hydrogens is 479 g/mol. The minimum absolute atomic E-state index is 0. The van der Waals surface area contributed by atoms with E-state index in [0.29, 0.717) is 12.0 Å². The molecule has 164 valence electrons. The Morgan fingerprint density at radius 2 is 1.97 bits per heavy atom. The molecule has 8 heteroatoms. The van der Waals surface area contributed by atoms with Crippen LogP contribution in [-0.4, -0.2) is 51.4 Å². The van der Waals surface area contributed by atoms with Gasteiger partial charge in [-0.25, -0.2) is 9.48 Å². The van der Waals surface area contributed by atoms with E-state index in [4.69, 9.17) is 4.99 Å². The van der Waals surface area contributed by atoms with Gasteiger partial charge in [0.2, 0.25) is 0 Å². The Kier molecular flexibility index (Phi) is 8.04. The molecule has 0 radical (unpaired) electrons. The maximum Gasteiger partial charge on any atom is 0.345 e. The van der Waals surface area contributed by atoms with E-state index < -0.39 is 0 Å². The van der Waals surface area contributed by atoms with Crippen molar-refractivity contribution < 1.29 is 0 Å². The molecule has 3 heterocycles. The Hall–Kier alpha value is -1.06. The van der Waals surface area contributed by atoms with Crippen molar-refractivity contribution in [3.8, 4) is 0 Å². The van der Waals surface area contributed by atoms with Gasteiger partial charge in [0.1, 0.15) is 5.82 Å². The van der Waals surface area contributed by atoms with Gasteiger partial charge in [-0.05, 0) is 50.9 Å². The second-order valence-corrected chi connectivity index (χ2v) is 8.85. The van der Waals surface area contributed by atoms with Crippen LogP contribution in [0.15, 0.2) is 9.79 Å². The molecule has 0 bridgehead atoms. The number of guanidine groups is 1. The van der Waals surface area contributed by atoms with Crippen LogP contribution < -0.4 is 11.0 Å². The first kappa shape index (κ1) is 22.6. The molecule has 0 atom stereocenters. The van der Waals surface area contributed by atoms with Crippen LogP contribution >= 0.6 is 24.0 Å². The number of fused-ring (bicyclic) bond motifs is 1. The highest BCUT2D eigenvalue weighted by Gasteiger charge is 2.39. The molecule has 0 amide bonds. The third kappa shape index (κ3) is 5.17. The molecular formula is C21H37IN6O. The van der Waals surface area contributed by atoms with Gasteiger partial charge in [-0.2, -0.15) is 5.10 Å². The van der Waals surface area contributed by atoms with E-state index >= 15 is 0 Å². The minimum Gasteiger partial charge on any atom is -0.357 e. The summed E-state index contributed by atoms with van der Waals surface area (Å²) in [6, 6.07) is 0. The van der Waals surface area contributed by atoms with E-state index in [-0.39, 0.29) is 29.7 Å². The Morgan fingerprint density at radius 1 is 1.14 bits per heavy atom. The molecule has 3 aliphatic rings. The lowest BCUT2D eigenvalue weighted by atomic mass is 9.73. The van der Waals surface area contributed by atoms with Gasteiger partial charge in [0, 0.05) is 45.7 Å². The molecule has 1 N–H and O–H groups in total. The molecule has 2 aliphatic heterocycles. The topological polar surface area (TPSA) is 67.5 Å². The van der Waals surface area contributed by atoms with Crippen LogP contribution in [0.4, 0.5) is 0 Å². The second-order valence-electron chi connectivity index (χ2n) is 8.85. The summed E-state index contributed by atoms with van der Waals surface area (Å²) in [7, 11) is 0. The fourth-order valence-corrected chi connectivity index (χ4v) is 5.25. The summed E-state index contributed by atoms with van der Waals surface area (Å²) in [6.45, 7) is 7.54. The molecule has 29 heavy (non-hydrogen) atoms. The van der Waals surface area contributed by atoms with Gasteiger partial charge in [0.15, 0.2) is 5.96 Å². The van der Waals surface area contributed by atoms with Crippen LogP contribution in [0.3, 0.4) is 0 Å². The quantitative estimate of drug-likeness (QED) is 0.283. The standard InChI is InChI=1S/C21H36N6O.HI/c1-2-22-19(25-16-12-21(17-25)10-5-3-6-11-21)23-13-8-15-27-20(28)26-14-7-4-9-18(26)24-27;/h2-17H2,1H3,(H,22,23);1H. The molecule has 1 saturated heterocycles. The van der Waals surface area contributed by atoms with Crippen LogP contribution in [0.5, 0.6) is 0 Å². The van der Waals surface area contributed by atoms with Gasteiger partial charge in [-0.3, -0.25) is 9.56 Å². The Morgan fingerprint density at radius 3 is 2.72 bits per heavy atom. The first-order chi connectivity index (χ1) is 13.7. The number of likely N-dealkylation sites (tertiary alicyclic amines) is 1. The maximum absolute atomic E-state index is 12.4. The van der Waals surface area contributed by atoms with Gasteiger partial charge in [0.25, 0.3) is 0 Å². The highest BCUT2D eigenvalue weighted by Crippen LogP contribution is 2.43. The van der Waals surface area contributed by atoms with Crippen molar-refractivity contribution in [2.45, 2.75) is 84.2 Å². The number of nitrogens with zero attached hydrogens (tertiary/aromatic N) is 5. The zero-order chi connectivity index (χ0) is 19.4. The van der Waals surface area contributed by atoms with Crippen molar-refractivity contribution >= 4 is 29.9 Å². The molecule has 7 nitrogen and oxygen atoms in total. The summed E-state index contributed by atoms with van der Waals surface area (Å²) in [4.78, 5) is 19.8. The van der Waals surface area contributed by atoms with Crippen molar-refractivity contribution in [1.82, 2.24) is 24.6 Å². The molecule has 1 aliphatic carbocycles. The van der Waals surface area contributed by atoms with Crippen LogP contribution in [0.2, 0.25) is 0 Å². The molecule has 0 unspecified atom stereocenters. The third-order valence-corrected chi connectivity index (χ3v) is 6.81. The number of aryl methyl sites for hydroxylation is 2. The maximum atomic E-state index is 12.4. The lowest BCUT2D eigenvalue weighted by Gasteiger charge is -2.33. The Labute approximate surface area is 191 Å². The van der Waals surface area contributed by atoms with Gasteiger partial charge in [0.05, 0.1) is 0 Å². The summed E-state index contributed by atoms with van der Waals surface area (Å²) in [5.41, 5.74) is 0.599. The van der Waals surface area contributed by atoms with E-state index in [1.807, 2.05) is 4.57 Å². The smallest absolute Gasteiger partial charge is 0.345 e. The minimum atomic E-state index is 0. The van der Waals surface area contributed by atoms with Crippen molar-refractivity contribution in [3.63, 3.8) is 0 Å². The van der Waals surface area contributed by atoms with E-state index in [9.17, 15) is 4.79 Å². The largest absolute Gasteiger partial charge is 0.357 e. The number of rotatable bonds is 5. The van der Waals surface area contributed by atoms with Crippen molar-refractivity contribution in [2.75, 3.05) is 26.2 Å². The fourth-order valence-electron chi connectivity index (χ4n) is 5.25. The van der Waals surface area contributed by atoms with Gasteiger partial charge in [-0.1, -0.05) is 19.3 Å².